The second-order valence-corrected chi connectivity index (χ2v) is 5.03. The third-order valence-electron chi connectivity index (χ3n) is 2.74. The molecule has 0 radical (unpaired) electrons. The fourth-order valence-corrected chi connectivity index (χ4v) is 2.20. The summed E-state index contributed by atoms with van der Waals surface area (Å²) in [6, 6.07) is 12.3. The van der Waals surface area contributed by atoms with Crippen LogP contribution < -0.4 is 10.1 Å². The van der Waals surface area contributed by atoms with E-state index in [-0.39, 0.29) is 5.91 Å². The Morgan fingerprint density at radius 2 is 1.95 bits per heavy atom. The van der Waals surface area contributed by atoms with Crippen LogP contribution in [0.15, 0.2) is 48.5 Å². The zero-order valence-corrected chi connectivity index (χ0v) is 12.8. The van der Waals surface area contributed by atoms with Crippen LogP contribution in [0.3, 0.4) is 0 Å². The third kappa shape index (κ3) is 4.25. The first-order chi connectivity index (χ1) is 10.1. The van der Waals surface area contributed by atoms with Crippen LogP contribution >= 0.6 is 23.2 Å². The van der Waals surface area contributed by atoms with Crippen molar-refractivity contribution in [1.29, 1.82) is 0 Å². The van der Waals surface area contributed by atoms with Crippen LogP contribution in [0.5, 0.6) is 5.75 Å². The van der Waals surface area contributed by atoms with Crippen molar-refractivity contribution < 1.29 is 9.53 Å². The van der Waals surface area contributed by atoms with Gasteiger partial charge in [0, 0.05) is 16.1 Å². The van der Waals surface area contributed by atoms with Gasteiger partial charge in [-0.05, 0) is 35.9 Å². The largest absolute Gasteiger partial charge is 0.495 e. The minimum atomic E-state index is -0.273. The lowest BCUT2D eigenvalue weighted by atomic mass is 10.2. The van der Waals surface area contributed by atoms with Gasteiger partial charge in [-0.3, -0.25) is 4.79 Å². The quantitative estimate of drug-likeness (QED) is 0.832. The topological polar surface area (TPSA) is 38.3 Å². The molecule has 0 unspecified atom stereocenters. The molecule has 0 heterocycles. The van der Waals surface area contributed by atoms with Crippen LogP contribution in [0.1, 0.15) is 5.56 Å². The maximum Gasteiger partial charge on any atom is 0.248 e. The molecule has 0 aliphatic heterocycles. The lowest BCUT2D eigenvalue weighted by Crippen LogP contribution is -2.08. The van der Waals surface area contributed by atoms with Crippen LogP contribution in [0.4, 0.5) is 5.69 Å². The molecule has 5 heteroatoms. The molecular formula is C16H13Cl2NO2. The highest BCUT2D eigenvalue weighted by atomic mass is 35.5. The van der Waals surface area contributed by atoms with Gasteiger partial charge in [-0.25, -0.2) is 0 Å². The Morgan fingerprint density at radius 3 is 2.67 bits per heavy atom. The minimum Gasteiger partial charge on any atom is -0.495 e. The van der Waals surface area contributed by atoms with Gasteiger partial charge in [0.2, 0.25) is 5.91 Å². The molecule has 0 aliphatic carbocycles. The second kappa shape index (κ2) is 7.16. The zero-order valence-electron chi connectivity index (χ0n) is 11.3. The van der Waals surface area contributed by atoms with E-state index in [4.69, 9.17) is 27.9 Å². The van der Waals surface area contributed by atoms with Crippen molar-refractivity contribution in [3.63, 3.8) is 0 Å². The van der Waals surface area contributed by atoms with Gasteiger partial charge >= 0.3 is 0 Å². The van der Waals surface area contributed by atoms with Gasteiger partial charge in [0.05, 0.1) is 12.8 Å². The van der Waals surface area contributed by atoms with Gasteiger partial charge in [-0.2, -0.15) is 0 Å². The molecule has 0 aliphatic rings. The lowest BCUT2D eigenvalue weighted by Gasteiger charge is -2.07. The Balaban J connectivity index is 2.09. The fourth-order valence-electron chi connectivity index (χ4n) is 1.72. The van der Waals surface area contributed by atoms with E-state index in [1.165, 1.54) is 6.08 Å². The number of hydrogen-bond acceptors (Lipinski definition) is 2. The number of amides is 1. The minimum absolute atomic E-state index is 0.273. The van der Waals surface area contributed by atoms with Crippen molar-refractivity contribution in [2.75, 3.05) is 12.4 Å². The highest BCUT2D eigenvalue weighted by Crippen LogP contribution is 2.24. The standard InChI is InChI=1S/C16H13Cl2NO2/c1-21-15-5-3-2-4-14(15)19-16(20)9-7-11-6-8-12(17)10-13(11)18/h2-10H,1H3,(H,19,20). The lowest BCUT2D eigenvalue weighted by molar-refractivity contribution is -0.111. The third-order valence-corrected chi connectivity index (χ3v) is 3.30. The molecule has 108 valence electrons. The first kappa shape index (κ1) is 15.4. The van der Waals surface area contributed by atoms with Crippen LogP contribution in [-0.2, 0) is 4.79 Å². The maximum absolute atomic E-state index is 11.9. The van der Waals surface area contributed by atoms with E-state index < -0.39 is 0 Å². The van der Waals surface area contributed by atoms with Crippen molar-refractivity contribution >= 4 is 40.9 Å². The summed E-state index contributed by atoms with van der Waals surface area (Å²) in [5.41, 5.74) is 1.33. The number of anilines is 1. The van der Waals surface area contributed by atoms with Gasteiger partial charge in [-0.1, -0.05) is 41.4 Å². The molecule has 0 fully saturated rings. The molecule has 0 saturated heterocycles. The second-order valence-electron chi connectivity index (χ2n) is 4.19. The highest BCUT2D eigenvalue weighted by molar-refractivity contribution is 6.35. The van der Waals surface area contributed by atoms with Gasteiger partial charge in [0.15, 0.2) is 0 Å². The summed E-state index contributed by atoms with van der Waals surface area (Å²) in [4.78, 5) is 11.9. The van der Waals surface area contributed by atoms with Crippen LogP contribution in [0.2, 0.25) is 10.0 Å². The molecule has 3 nitrogen and oxygen atoms in total. The highest BCUT2D eigenvalue weighted by Gasteiger charge is 2.04. The molecule has 0 atom stereocenters. The number of para-hydroxylation sites is 2. The van der Waals surface area contributed by atoms with Crippen LogP contribution in [0, 0.1) is 0 Å². The smallest absolute Gasteiger partial charge is 0.248 e. The van der Waals surface area contributed by atoms with E-state index in [1.807, 2.05) is 12.1 Å². The molecule has 1 amide bonds. The maximum atomic E-state index is 11.9. The number of halogens is 2. The number of nitrogens with one attached hydrogen (secondary N) is 1. The number of rotatable bonds is 4. The number of methoxy groups -OCH3 is 1. The molecule has 0 aromatic heterocycles. The molecule has 2 aromatic carbocycles. The summed E-state index contributed by atoms with van der Waals surface area (Å²) >= 11 is 11.9. The summed E-state index contributed by atoms with van der Waals surface area (Å²) in [6.45, 7) is 0. The van der Waals surface area contributed by atoms with Crippen molar-refractivity contribution in [2.24, 2.45) is 0 Å². The predicted octanol–water partition coefficient (Wildman–Crippen LogP) is 4.65. The van der Waals surface area contributed by atoms with Gasteiger partial charge in [0.25, 0.3) is 0 Å². The Hall–Kier alpha value is -1.97. The molecule has 0 saturated carbocycles. The molecule has 2 aromatic rings. The van der Waals surface area contributed by atoms with Crippen LogP contribution in [0.25, 0.3) is 6.08 Å². The molecule has 0 spiro atoms. The van der Waals surface area contributed by atoms with Crippen molar-refractivity contribution in [3.05, 3.63) is 64.1 Å². The predicted molar refractivity (Wildman–Crippen MR) is 87.1 cm³/mol. The average Bonchev–Trinajstić information content (AvgIpc) is 2.47. The van der Waals surface area contributed by atoms with E-state index in [1.54, 1.807) is 43.5 Å². The number of hydrogen-bond donors (Lipinski definition) is 1. The van der Waals surface area contributed by atoms with Gasteiger partial charge in [-0.15, -0.1) is 0 Å². The molecular weight excluding hydrogens is 309 g/mol. The van der Waals surface area contributed by atoms with E-state index >= 15 is 0 Å². The number of benzene rings is 2. The first-order valence-electron chi connectivity index (χ1n) is 6.17. The Morgan fingerprint density at radius 1 is 1.19 bits per heavy atom. The normalized spacial score (nSPS) is 10.6. The molecule has 2 rings (SSSR count). The summed E-state index contributed by atoms with van der Waals surface area (Å²) in [5, 5.41) is 3.78. The summed E-state index contributed by atoms with van der Waals surface area (Å²) in [5.74, 6) is 0.328. The molecule has 1 N–H and O–H groups in total. The Bertz CT molecular complexity index is 684. The average molecular weight is 322 g/mol. The fraction of sp³-hybridized carbons (Fsp3) is 0.0625. The number of carbonyl (C=O) groups excluding carboxylic acids is 1. The molecule has 21 heavy (non-hydrogen) atoms. The summed E-state index contributed by atoms with van der Waals surface area (Å²) in [7, 11) is 1.55. The monoisotopic (exact) mass is 321 g/mol. The van der Waals surface area contributed by atoms with Crippen molar-refractivity contribution in [1.82, 2.24) is 0 Å². The van der Waals surface area contributed by atoms with E-state index in [9.17, 15) is 4.79 Å². The van der Waals surface area contributed by atoms with Crippen molar-refractivity contribution in [3.8, 4) is 5.75 Å². The zero-order chi connectivity index (χ0) is 15.2. The van der Waals surface area contributed by atoms with E-state index in [0.717, 1.165) is 5.56 Å². The summed E-state index contributed by atoms with van der Waals surface area (Å²) < 4.78 is 5.17. The van der Waals surface area contributed by atoms with E-state index in [2.05, 4.69) is 5.32 Å². The van der Waals surface area contributed by atoms with Crippen molar-refractivity contribution in [2.45, 2.75) is 0 Å². The number of carbonyl (C=O) groups is 1. The first-order valence-corrected chi connectivity index (χ1v) is 6.93. The summed E-state index contributed by atoms with van der Waals surface area (Å²) in [6.07, 6.45) is 3.03. The van der Waals surface area contributed by atoms with Crippen LogP contribution in [-0.4, -0.2) is 13.0 Å². The number of ether oxygens (including phenoxy) is 1. The van der Waals surface area contributed by atoms with E-state index in [0.29, 0.717) is 21.5 Å². The SMILES string of the molecule is COc1ccccc1NC(=O)C=Cc1ccc(Cl)cc1Cl. The Labute approximate surface area is 133 Å². The van der Waals surface area contributed by atoms with Gasteiger partial charge < -0.3 is 10.1 Å². The molecule has 0 bridgehead atoms. The Kier molecular flexibility index (Phi) is 5.26. The van der Waals surface area contributed by atoms with Gasteiger partial charge in [0.1, 0.15) is 5.75 Å².